The lowest BCUT2D eigenvalue weighted by atomic mass is 10.1. The quantitative estimate of drug-likeness (QED) is 0.582. The minimum atomic E-state index is -1.11. The number of hydrogen-bond donors (Lipinski definition) is 4. The number of rotatable bonds is 5. The number of nitrogens with two attached hydrogens (primary N) is 1. The molecule has 6 heteroatoms. The van der Waals surface area contributed by atoms with Gasteiger partial charge in [-0.3, -0.25) is 9.59 Å². The smallest absolute Gasteiger partial charge is 0.325 e. The van der Waals surface area contributed by atoms with Gasteiger partial charge in [-0.05, 0) is 31.0 Å². The standard InChI is InChI=1S/C12H16N2O4/c1-7(12(17)18)14-11(16)10(13)6-8-2-4-9(15)5-3-8/h2-5,7,10,15H,6,13H2,1H3,(H,14,16)(H,17,18)/t7?,10-/m0/s1. The summed E-state index contributed by atoms with van der Waals surface area (Å²) in [5.74, 6) is -1.49. The van der Waals surface area contributed by atoms with Crippen molar-refractivity contribution in [1.29, 1.82) is 0 Å². The minimum absolute atomic E-state index is 0.135. The predicted octanol–water partition coefficient (Wildman–Crippen LogP) is -0.149. The molecule has 0 aromatic heterocycles. The number of aromatic hydroxyl groups is 1. The van der Waals surface area contributed by atoms with E-state index in [1.807, 2.05) is 0 Å². The van der Waals surface area contributed by atoms with E-state index >= 15 is 0 Å². The number of phenols is 1. The highest BCUT2D eigenvalue weighted by Crippen LogP contribution is 2.10. The van der Waals surface area contributed by atoms with Crippen molar-refractivity contribution in [2.24, 2.45) is 5.73 Å². The average molecular weight is 252 g/mol. The Morgan fingerprint density at radius 2 is 1.89 bits per heavy atom. The second kappa shape index (κ2) is 6.02. The lowest BCUT2D eigenvalue weighted by molar-refractivity contribution is -0.141. The molecule has 0 saturated heterocycles. The lowest BCUT2D eigenvalue weighted by Crippen LogP contribution is -2.47. The number of carboxylic acid groups (broad SMARTS) is 1. The zero-order valence-corrected chi connectivity index (χ0v) is 9.96. The third-order valence-electron chi connectivity index (χ3n) is 2.46. The van der Waals surface area contributed by atoms with E-state index in [0.29, 0.717) is 0 Å². The first kappa shape index (κ1) is 14.0. The van der Waals surface area contributed by atoms with E-state index in [4.69, 9.17) is 15.9 Å². The summed E-state index contributed by atoms with van der Waals surface area (Å²) in [4.78, 5) is 22.2. The fourth-order valence-electron chi connectivity index (χ4n) is 1.36. The molecule has 0 aliphatic rings. The Kier molecular flexibility index (Phi) is 4.67. The largest absolute Gasteiger partial charge is 0.508 e. The molecule has 5 N–H and O–H groups in total. The van der Waals surface area contributed by atoms with Gasteiger partial charge in [-0.2, -0.15) is 0 Å². The summed E-state index contributed by atoms with van der Waals surface area (Å²) in [6.45, 7) is 1.37. The summed E-state index contributed by atoms with van der Waals surface area (Å²) in [5, 5.41) is 20.1. The molecular formula is C12H16N2O4. The Morgan fingerprint density at radius 3 is 2.39 bits per heavy atom. The number of carboxylic acids is 1. The van der Waals surface area contributed by atoms with Gasteiger partial charge in [0.25, 0.3) is 0 Å². The molecule has 18 heavy (non-hydrogen) atoms. The van der Waals surface area contributed by atoms with E-state index in [2.05, 4.69) is 5.32 Å². The monoisotopic (exact) mass is 252 g/mol. The molecule has 98 valence electrons. The third-order valence-corrected chi connectivity index (χ3v) is 2.46. The topological polar surface area (TPSA) is 113 Å². The number of carbonyl (C=O) groups is 2. The van der Waals surface area contributed by atoms with Crippen molar-refractivity contribution in [2.75, 3.05) is 0 Å². The Bertz CT molecular complexity index is 430. The number of benzene rings is 1. The van der Waals surface area contributed by atoms with Crippen LogP contribution in [0.25, 0.3) is 0 Å². The molecule has 1 aromatic carbocycles. The van der Waals surface area contributed by atoms with Crippen molar-refractivity contribution in [3.05, 3.63) is 29.8 Å². The van der Waals surface area contributed by atoms with Crippen molar-refractivity contribution < 1.29 is 19.8 Å². The minimum Gasteiger partial charge on any atom is -0.508 e. The van der Waals surface area contributed by atoms with E-state index in [0.717, 1.165) is 5.56 Å². The first-order valence-electron chi connectivity index (χ1n) is 5.47. The fraction of sp³-hybridized carbons (Fsp3) is 0.333. The molecule has 0 saturated carbocycles. The van der Waals surface area contributed by atoms with Crippen LogP contribution in [0.1, 0.15) is 12.5 Å². The van der Waals surface area contributed by atoms with Crippen molar-refractivity contribution in [3.8, 4) is 5.75 Å². The van der Waals surface area contributed by atoms with E-state index in [-0.39, 0.29) is 12.2 Å². The maximum absolute atomic E-state index is 11.6. The molecule has 0 radical (unpaired) electrons. The van der Waals surface area contributed by atoms with E-state index in [1.165, 1.54) is 19.1 Å². The molecule has 0 spiro atoms. The molecule has 0 bridgehead atoms. The van der Waals surface area contributed by atoms with Crippen LogP contribution in [0.4, 0.5) is 0 Å². The predicted molar refractivity (Wildman–Crippen MR) is 65.0 cm³/mol. The van der Waals surface area contributed by atoms with E-state index < -0.39 is 24.0 Å². The second-order valence-electron chi connectivity index (χ2n) is 4.05. The fourth-order valence-corrected chi connectivity index (χ4v) is 1.36. The summed E-state index contributed by atoms with van der Waals surface area (Å²) in [6.07, 6.45) is 0.276. The van der Waals surface area contributed by atoms with Crippen molar-refractivity contribution in [2.45, 2.75) is 25.4 Å². The van der Waals surface area contributed by atoms with Gasteiger partial charge in [0, 0.05) is 0 Å². The van der Waals surface area contributed by atoms with Gasteiger partial charge < -0.3 is 21.3 Å². The average Bonchev–Trinajstić information content (AvgIpc) is 2.31. The molecule has 0 aliphatic carbocycles. The van der Waals surface area contributed by atoms with Gasteiger partial charge in [0.05, 0.1) is 6.04 Å². The Balaban J connectivity index is 2.54. The van der Waals surface area contributed by atoms with Crippen LogP contribution in [0.3, 0.4) is 0 Å². The number of amides is 1. The van der Waals surface area contributed by atoms with Crippen molar-refractivity contribution in [1.82, 2.24) is 5.32 Å². The molecule has 1 amide bonds. The van der Waals surface area contributed by atoms with Crippen LogP contribution >= 0.6 is 0 Å². The number of carbonyl (C=O) groups excluding carboxylic acids is 1. The van der Waals surface area contributed by atoms with Crippen LogP contribution in [-0.2, 0) is 16.0 Å². The zero-order valence-electron chi connectivity index (χ0n) is 9.96. The molecular weight excluding hydrogens is 236 g/mol. The lowest BCUT2D eigenvalue weighted by Gasteiger charge is -2.14. The third kappa shape index (κ3) is 4.06. The van der Waals surface area contributed by atoms with Crippen molar-refractivity contribution >= 4 is 11.9 Å². The molecule has 1 rings (SSSR count). The van der Waals surface area contributed by atoms with Gasteiger partial charge in [-0.25, -0.2) is 0 Å². The number of nitrogens with one attached hydrogen (secondary N) is 1. The summed E-state index contributed by atoms with van der Waals surface area (Å²) in [7, 11) is 0. The highest BCUT2D eigenvalue weighted by Gasteiger charge is 2.19. The summed E-state index contributed by atoms with van der Waals surface area (Å²) >= 11 is 0. The van der Waals surface area contributed by atoms with Crippen LogP contribution in [0.2, 0.25) is 0 Å². The van der Waals surface area contributed by atoms with Gasteiger partial charge in [-0.1, -0.05) is 12.1 Å². The molecule has 6 nitrogen and oxygen atoms in total. The van der Waals surface area contributed by atoms with Crippen molar-refractivity contribution in [3.63, 3.8) is 0 Å². The molecule has 1 unspecified atom stereocenters. The molecule has 1 aromatic rings. The first-order chi connectivity index (χ1) is 8.40. The SMILES string of the molecule is CC(NC(=O)[C@@H](N)Cc1ccc(O)cc1)C(=O)O. The Hall–Kier alpha value is -2.08. The van der Waals surface area contributed by atoms with Crippen LogP contribution < -0.4 is 11.1 Å². The van der Waals surface area contributed by atoms with Crippen LogP contribution in [-0.4, -0.2) is 34.2 Å². The summed E-state index contributed by atoms with van der Waals surface area (Å²) in [5.41, 5.74) is 6.46. The summed E-state index contributed by atoms with van der Waals surface area (Å²) < 4.78 is 0. The highest BCUT2D eigenvalue weighted by molar-refractivity contribution is 5.86. The zero-order chi connectivity index (χ0) is 13.7. The second-order valence-corrected chi connectivity index (χ2v) is 4.05. The van der Waals surface area contributed by atoms with Crippen LogP contribution in [0.5, 0.6) is 5.75 Å². The molecule has 0 heterocycles. The molecule has 0 aliphatic heterocycles. The first-order valence-corrected chi connectivity index (χ1v) is 5.47. The van der Waals surface area contributed by atoms with Gasteiger partial charge in [0.1, 0.15) is 11.8 Å². The Labute approximate surface area is 104 Å². The summed E-state index contributed by atoms with van der Waals surface area (Å²) in [6, 6.07) is 4.52. The molecule has 2 atom stereocenters. The van der Waals surface area contributed by atoms with Gasteiger partial charge in [-0.15, -0.1) is 0 Å². The van der Waals surface area contributed by atoms with Crippen LogP contribution in [0.15, 0.2) is 24.3 Å². The molecule has 0 fully saturated rings. The van der Waals surface area contributed by atoms with Gasteiger partial charge in [0.15, 0.2) is 0 Å². The number of hydrogen-bond acceptors (Lipinski definition) is 4. The van der Waals surface area contributed by atoms with Crippen LogP contribution in [0, 0.1) is 0 Å². The highest BCUT2D eigenvalue weighted by atomic mass is 16.4. The Morgan fingerprint density at radius 1 is 1.33 bits per heavy atom. The van der Waals surface area contributed by atoms with Gasteiger partial charge in [0.2, 0.25) is 5.91 Å². The maximum Gasteiger partial charge on any atom is 0.325 e. The number of aliphatic carboxylic acids is 1. The van der Waals surface area contributed by atoms with E-state index in [1.54, 1.807) is 12.1 Å². The maximum atomic E-state index is 11.6. The van der Waals surface area contributed by atoms with Gasteiger partial charge >= 0.3 is 5.97 Å². The normalized spacial score (nSPS) is 13.7. The van der Waals surface area contributed by atoms with E-state index in [9.17, 15) is 9.59 Å². The number of phenolic OH excluding ortho intramolecular Hbond substituents is 1.